The molecule has 0 aliphatic carbocycles. The van der Waals surface area contributed by atoms with Gasteiger partial charge in [-0.2, -0.15) is 0 Å². The molecule has 0 amide bonds. The van der Waals surface area contributed by atoms with Crippen LogP contribution in [0.15, 0.2) is 54.7 Å². The second-order valence-electron chi connectivity index (χ2n) is 4.14. The van der Waals surface area contributed by atoms with Crippen LogP contribution in [0.3, 0.4) is 0 Å². The van der Waals surface area contributed by atoms with Gasteiger partial charge in [-0.25, -0.2) is 8.42 Å². The predicted octanol–water partition coefficient (Wildman–Crippen LogP) is 5.08. The van der Waals surface area contributed by atoms with Gasteiger partial charge in [-0.1, -0.05) is 37.9 Å². The summed E-state index contributed by atoms with van der Waals surface area (Å²) in [5.74, 6) is 0. The lowest BCUT2D eigenvalue weighted by molar-refractivity contribution is 0.600. The summed E-state index contributed by atoms with van der Waals surface area (Å²) in [6.45, 7) is 1.85. The molecule has 3 nitrogen and oxygen atoms in total. The average molecular weight is 484 g/mol. The van der Waals surface area contributed by atoms with E-state index in [-0.39, 0.29) is 4.90 Å². The van der Waals surface area contributed by atoms with Crippen LogP contribution in [0.25, 0.3) is 0 Å². The molecule has 1 N–H and O–H groups in total. The quantitative estimate of drug-likeness (QED) is 0.661. The van der Waals surface area contributed by atoms with E-state index >= 15 is 0 Å². The van der Waals surface area contributed by atoms with Gasteiger partial charge in [-0.05, 0) is 58.7 Å². The fourth-order valence-corrected chi connectivity index (χ4v) is 4.57. The van der Waals surface area contributed by atoms with Crippen molar-refractivity contribution < 1.29 is 8.42 Å². The summed E-state index contributed by atoms with van der Waals surface area (Å²) in [6.07, 6.45) is 0. The Morgan fingerprint density at radius 2 is 1.55 bits per heavy atom. The summed E-state index contributed by atoms with van der Waals surface area (Å²) in [7, 11) is -3.65. The molecule has 0 aliphatic rings. The molecule has 0 radical (unpaired) electrons. The molecule has 20 heavy (non-hydrogen) atoms. The van der Waals surface area contributed by atoms with E-state index in [0.717, 1.165) is 10.0 Å². The zero-order valence-electron chi connectivity index (χ0n) is 10.3. The highest BCUT2D eigenvalue weighted by Gasteiger charge is 2.19. The molecule has 7 heteroatoms. The van der Waals surface area contributed by atoms with Crippen molar-refractivity contribution in [1.29, 1.82) is 0 Å². The number of nitrogens with one attached hydrogen (secondary N) is 1. The zero-order valence-corrected chi connectivity index (χ0v) is 15.9. The van der Waals surface area contributed by atoms with Gasteiger partial charge in [0.2, 0.25) is 0 Å². The van der Waals surface area contributed by atoms with E-state index in [0.29, 0.717) is 14.6 Å². The highest BCUT2D eigenvalue weighted by atomic mass is 79.9. The van der Waals surface area contributed by atoms with E-state index in [1.165, 1.54) is 0 Å². The number of rotatable bonds is 3. The van der Waals surface area contributed by atoms with Gasteiger partial charge in [0.05, 0.1) is 5.69 Å². The van der Waals surface area contributed by atoms with Crippen LogP contribution in [0, 0.1) is 6.92 Å². The molecule has 2 rings (SSSR count). The minimum atomic E-state index is -3.65. The van der Waals surface area contributed by atoms with E-state index in [2.05, 4.69) is 52.5 Å². The number of anilines is 1. The number of hydrogen-bond donors (Lipinski definition) is 1. The third-order valence-electron chi connectivity index (χ3n) is 2.63. The van der Waals surface area contributed by atoms with Gasteiger partial charge < -0.3 is 0 Å². The lowest BCUT2D eigenvalue weighted by Crippen LogP contribution is -2.14. The third kappa shape index (κ3) is 3.63. The van der Waals surface area contributed by atoms with Crippen LogP contribution in [0.2, 0.25) is 0 Å². The Hall–Kier alpha value is -0.370. The smallest absolute Gasteiger partial charge is 0.263 e. The first-order valence-corrected chi connectivity index (χ1v) is 9.40. The molecule has 0 fully saturated rings. The standard InChI is InChI=1S/C13H10Br3NO2S/c1-8-2-3-9(14)6-12(8)17-20(18,19)13-7-10(15)4-5-11(13)16/h2-7,17H,1H3. The average Bonchev–Trinajstić information content (AvgIpc) is 2.36. The van der Waals surface area contributed by atoms with Crippen LogP contribution >= 0.6 is 47.8 Å². The molecule has 0 aromatic heterocycles. The molecule has 0 saturated heterocycles. The first-order valence-electron chi connectivity index (χ1n) is 5.53. The highest BCUT2D eigenvalue weighted by molar-refractivity contribution is 9.11. The highest BCUT2D eigenvalue weighted by Crippen LogP contribution is 2.29. The lowest BCUT2D eigenvalue weighted by Gasteiger charge is -2.12. The van der Waals surface area contributed by atoms with Crippen molar-refractivity contribution in [3.05, 3.63) is 55.4 Å². The topological polar surface area (TPSA) is 46.2 Å². The summed E-state index contributed by atoms with van der Waals surface area (Å²) in [5, 5.41) is 0. The Bertz CT molecular complexity index is 760. The van der Waals surface area contributed by atoms with Crippen molar-refractivity contribution in [3.63, 3.8) is 0 Å². The lowest BCUT2D eigenvalue weighted by atomic mass is 10.2. The normalized spacial score (nSPS) is 11.4. The SMILES string of the molecule is Cc1ccc(Br)cc1NS(=O)(=O)c1cc(Br)ccc1Br. The summed E-state index contributed by atoms with van der Waals surface area (Å²) in [5.41, 5.74) is 1.40. The van der Waals surface area contributed by atoms with Gasteiger partial charge in [0.1, 0.15) is 4.90 Å². The second kappa shape index (κ2) is 6.17. The molecule has 2 aromatic carbocycles. The maximum Gasteiger partial charge on any atom is 0.263 e. The first kappa shape index (κ1) is 16.0. The van der Waals surface area contributed by atoms with Gasteiger partial charge >= 0.3 is 0 Å². The van der Waals surface area contributed by atoms with E-state index in [4.69, 9.17) is 0 Å². The molecular weight excluding hydrogens is 474 g/mol. The van der Waals surface area contributed by atoms with Crippen molar-refractivity contribution in [1.82, 2.24) is 0 Å². The van der Waals surface area contributed by atoms with E-state index in [1.807, 2.05) is 19.1 Å². The van der Waals surface area contributed by atoms with Crippen LogP contribution < -0.4 is 4.72 Å². The maximum atomic E-state index is 12.5. The molecule has 0 bridgehead atoms. The molecule has 0 saturated carbocycles. The zero-order chi connectivity index (χ0) is 14.9. The summed E-state index contributed by atoms with van der Waals surface area (Å²) < 4.78 is 29.6. The first-order chi connectivity index (χ1) is 9.29. The van der Waals surface area contributed by atoms with Crippen molar-refractivity contribution >= 4 is 63.5 Å². The summed E-state index contributed by atoms with van der Waals surface area (Å²) in [6, 6.07) is 10.5. The van der Waals surface area contributed by atoms with Gasteiger partial charge in [0.25, 0.3) is 10.0 Å². The summed E-state index contributed by atoms with van der Waals surface area (Å²) >= 11 is 9.88. The Kier molecular flexibility index (Phi) is 4.94. The van der Waals surface area contributed by atoms with Crippen LogP contribution in [0.5, 0.6) is 0 Å². The Labute approximate surface area is 143 Å². The largest absolute Gasteiger partial charge is 0.279 e. The second-order valence-corrected chi connectivity index (χ2v) is 8.48. The molecule has 0 heterocycles. The van der Waals surface area contributed by atoms with Crippen molar-refractivity contribution in [2.24, 2.45) is 0 Å². The van der Waals surface area contributed by atoms with Crippen LogP contribution in [-0.2, 0) is 10.0 Å². The fourth-order valence-electron chi connectivity index (χ4n) is 1.59. The monoisotopic (exact) mass is 481 g/mol. The Morgan fingerprint density at radius 1 is 0.950 bits per heavy atom. The number of benzene rings is 2. The molecular formula is C13H10Br3NO2S. The number of halogens is 3. The maximum absolute atomic E-state index is 12.5. The number of aryl methyl sites for hydroxylation is 1. The third-order valence-corrected chi connectivity index (χ3v) is 5.97. The fraction of sp³-hybridized carbons (Fsp3) is 0.0769. The van der Waals surface area contributed by atoms with Gasteiger partial charge in [-0.3, -0.25) is 4.72 Å². The van der Waals surface area contributed by atoms with Gasteiger partial charge in [-0.15, -0.1) is 0 Å². The van der Waals surface area contributed by atoms with E-state index in [9.17, 15) is 8.42 Å². The Morgan fingerprint density at radius 3 is 2.25 bits per heavy atom. The van der Waals surface area contributed by atoms with Crippen molar-refractivity contribution in [2.75, 3.05) is 4.72 Å². The molecule has 2 aromatic rings. The van der Waals surface area contributed by atoms with Gasteiger partial charge in [0.15, 0.2) is 0 Å². The molecule has 106 valence electrons. The summed E-state index contributed by atoms with van der Waals surface area (Å²) in [4.78, 5) is 0.186. The predicted molar refractivity (Wildman–Crippen MR) is 91.5 cm³/mol. The van der Waals surface area contributed by atoms with Crippen LogP contribution in [0.4, 0.5) is 5.69 Å². The van der Waals surface area contributed by atoms with Crippen molar-refractivity contribution in [2.45, 2.75) is 11.8 Å². The van der Waals surface area contributed by atoms with E-state index < -0.39 is 10.0 Å². The minimum absolute atomic E-state index is 0.186. The van der Waals surface area contributed by atoms with Gasteiger partial charge in [0, 0.05) is 13.4 Å². The molecule has 0 atom stereocenters. The van der Waals surface area contributed by atoms with Crippen molar-refractivity contribution in [3.8, 4) is 0 Å². The number of sulfonamides is 1. The van der Waals surface area contributed by atoms with E-state index in [1.54, 1.807) is 24.3 Å². The minimum Gasteiger partial charge on any atom is -0.279 e. The molecule has 0 unspecified atom stereocenters. The Balaban J connectivity index is 2.46. The number of hydrogen-bond acceptors (Lipinski definition) is 2. The molecule has 0 spiro atoms. The van der Waals surface area contributed by atoms with Crippen LogP contribution in [-0.4, -0.2) is 8.42 Å². The van der Waals surface area contributed by atoms with Crippen LogP contribution in [0.1, 0.15) is 5.56 Å². The molecule has 0 aliphatic heterocycles.